The van der Waals surface area contributed by atoms with Crippen molar-refractivity contribution >= 4 is 75.9 Å². The molecule has 0 radical (unpaired) electrons. The number of nitrogens with zero attached hydrogens (tertiary/aromatic N) is 5. The molecule has 0 amide bonds. The standard InChI is InChI=1S/C59H35N5/c1-2-11-39(12-3-1)56-50-34-42(28-32-54(50)63-59(64-56)55-33-25-37-10-4-9-17-51(37)60-55)36-18-20-38(21-19-36)52-30-26-40-22-23-41-27-31-53(62-58(41)57(40)61-52)43-24-29-48-46-15-6-5-13-44(46)45-14-7-8-16-47(45)49(48)35-43/h1-35H. The van der Waals surface area contributed by atoms with Gasteiger partial charge in [-0.05, 0) is 85.9 Å². The third kappa shape index (κ3) is 5.98. The quantitative estimate of drug-likeness (QED) is 0.162. The molecule has 0 N–H and O–H groups in total. The van der Waals surface area contributed by atoms with Gasteiger partial charge in [-0.25, -0.2) is 24.9 Å². The van der Waals surface area contributed by atoms with E-state index in [0.29, 0.717) is 5.82 Å². The normalized spacial score (nSPS) is 11.8. The molecule has 5 nitrogen and oxygen atoms in total. The van der Waals surface area contributed by atoms with Crippen molar-refractivity contribution < 1.29 is 0 Å². The van der Waals surface area contributed by atoms with Crippen LogP contribution in [0, 0.1) is 0 Å². The van der Waals surface area contributed by atoms with E-state index in [1.807, 2.05) is 42.5 Å². The van der Waals surface area contributed by atoms with E-state index in [0.717, 1.165) is 94.2 Å². The molecule has 4 aromatic heterocycles. The van der Waals surface area contributed by atoms with Crippen molar-refractivity contribution in [2.24, 2.45) is 0 Å². The summed E-state index contributed by atoms with van der Waals surface area (Å²) in [4.78, 5) is 25.7. The highest BCUT2D eigenvalue weighted by molar-refractivity contribution is 6.25. The number of hydrogen-bond acceptors (Lipinski definition) is 5. The maximum atomic E-state index is 5.32. The molecule has 296 valence electrons. The Hall–Kier alpha value is -8.67. The summed E-state index contributed by atoms with van der Waals surface area (Å²) in [5.74, 6) is 0.604. The van der Waals surface area contributed by atoms with Gasteiger partial charge in [0.25, 0.3) is 0 Å². The minimum atomic E-state index is 0.604. The highest BCUT2D eigenvalue weighted by Crippen LogP contribution is 2.38. The lowest BCUT2D eigenvalue weighted by Gasteiger charge is -2.12. The van der Waals surface area contributed by atoms with Crippen molar-refractivity contribution in [3.63, 3.8) is 0 Å². The second kappa shape index (κ2) is 14.5. The monoisotopic (exact) mass is 813 g/mol. The minimum absolute atomic E-state index is 0.604. The zero-order valence-electron chi connectivity index (χ0n) is 34.4. The van der Waals surface area contributed by atoms with Gasteiger partial charge >= 0.3 is 0 Å². The van der Waals surface area contributed by atoms with Crippen LogP contribution in [-0.4, -0.2) is 24.9 Å². The Morgan fingerprint density at radius 2 is 0.750 bits per heavy atom. The fourth-order valence-electron chi connectivity index (χ4n) is 9.42. The minimum Gasteiger partial charge on any atom is -0.245 e. The van der Waals surface area contributed by atoms with Crippen LogP contribution in [0.25, 0.3) is 132 Å². The Morgan fingerprint density at radius 1 is 0.234 bits per heavy atom. The summed E-state index contributed by atoms with van der Waals surface area (Å²) < 4.78 is 0. The molecule has 13 aromatic rings. The third-order valence-electron chi connectivity index (χ3n) is 12.6. The van der Waals surface area contributed by atoms with Gasteiger partial charge in [0.2, 0.25) is 0 Å². The van der Waals surface area contributed by atoms with Gasteiger partial charge < -0.3 is 0 Å². The first-order chi connectivity index (χ1) is 31.7. The Morgan fingerprint density at radius 3 is 1.47 bits per heavy atom. The lowest BCUT2D eigenvalue weighted by molar-refractivity contribution is 1.19. The zero-order valence-corrected chi connectivity index (χ0v) is 34.4. The second-order valence-electron chi connectivity index (χ2n) is 16.4. The number of benzene rings is 9. The van der Waals surface area contributed by atoms with E-state index in [1.165, 1.54) is 32.3 Å². The molecule has 64 heavy (non-hydrogen) atoms. The van der Waals surface area contributed by atoms with Crippen LogP contribution in [0.5, 0.6) is 0 Å². The summed E-state index contributed by atoms with van der Waals surface area (Å²) in [6.45, 7) is 0. The number of rotatable bonds is 5. The molecule has 0 aliphatic carbocycles. The summed E-state index contributed by atoms with van der Waals surface area (Å²) in [6.07, 6.45) is 0. The fraction of sp³-hybridized carbons (Fsp3) is 0. The third-order valence-corrected chi connectivity index (χ3v) is 12.6. The van der Waals surface area contributed by atoms with Gasteiger partial charge in [0.05, 0.1) is 39.1 Å². The number of aromatic nitrogens is 5. The van der Waals surface area contributed by atoms with Crippen molar-refractivity contribution in [3.8, 4) is 56.4 Å². The molecule has 0 saturated heterocycles. The molecule has 4 heterocycles. The zero-order chi connectivity index (χ0) is 42.1. The van der Waals surface area contributed by atoms with Gasteiger partial charge in [-0.15, -0.1) is 0 Å². The molecule has 0 fully saturated rings. The molecule has 5 heteroatoms. The summed E-state index contributed by atoms with van der Waals surface area (Å²) in [5, 5.41) is 11.7. The Labute approximate surface area is 368 Å². The molecule has 0 spiro atoms. The lowest BCUT2D eigenvalue weighted by Crippen LogP contribution is -1.97. The van der Waals surface area contributed by atoms with Gasteiger partial charge in [-0.2, -0.15) is 0 Å². The van der Waals surface area contributed by atoms with Crippen LogP contribution in [-0.2, 0) is 0 Å². The van der Waals surface area contributed by atoms with Crippen molar-refractivity contribution in [2.45, 2.75) is 0 Å². The van der Waals surface area contributed by atoms with Crippen LogP contribution in [0.15, 0.2) is 212 Å². The van der Waals surface area contributed by atoms with Gasteiger partial charge in [-0.3, -0.25) is 0 Å². The van der Waals surface area contributed by atoms with E-state index in [-0.39, 0.29) is 0 Å². The van der Waals surface area contributed by atoms with E-state index in [4.69, 9.17) is 24.9 Å². The maximum absolute atomic E-state index is 5.32. The highest BCUT2D eigenvalue weighted by Gasteiger charge is 2.16. The van der Waals surface area contributed by atoms with Crippen LogP contribution < -0.4 is 0 Å². The van der Waals surface area contributed by atoms with E-state index in [1.54, 1.807) is 0 Å². The van der Waals surface area contributed by atoms with Crippen LogP contribution in [0.4, 0.5) is 0 Å². The SMILES string of the molecule is c1ccc(-c2nc(-c3ccc4ccccc4n3)nc3ccc(-c4ccc(-c5ccc6ccc7ccc(-c8ccc9c%10ccccc%10c%10ccccc%10c9c8)nc7c6n5)cc4)cc23)cc1. The van der Waals surface area contributed by atoms with Gasteiger partial charge in [0, 0.05) is 38.2 Å². The van der Waals surface area contributed by atoms with Gasteiger partial charge in [0.15, 0.2) is 5.82 Å². The number of para-hydroxylation sites is 1. The van der Waals surface area contributed by atoms with Crippen molar-refractivity contribution in [1.82, 2.24) is 24.9 Å². The lowest BCUT2D eigenvalue weighted by atomic mass is 9.93. The van der Waals surface area contributed by atoms with Crippen molar-refractivity contribution in [1.29, 1.82) is 0 Å². The Kier molecular flexibility index (Phi) is 8.15. The molecule has 9 aromatic carbocycles. The second-order valence-corrected chi connectivity index (χ2v) is 16.4. The number of hydrogen-bond donors (Lipinski definition) is 0. The van der Waals surface area contributed by atoms with Crippen molar-refractivity contribution in [3.05, 3.63) is 212 Å². The summed E-state index contributed by atoms with van der Waals surface area (Å²) >= 11 is 0. The average Bonchev–Trinajstić information content (AvgIpc) is 3.38. The summed E-state index contributed by atoms with van der Waals surface area (Å²) in [5.41, 5.74) is 12.3. The molecular weight excluding hydrogens is 779 g/mol. The van der Waals surface area contributed by atoms with Crippen LogP contribution in [0.3, 0.4) is 0 Å². The number of pyridine rings is 3. The highest BCUT2D eigenvalue weighted by atomic mass is 14.9. The van der Waals surface area contributed by atoms with Crippen molar-refractivity contribution in [2.75, 3.05) is 0 Å². The first-order valence-corrected chi connectivity index (χ1v) is 21.6. The molecule has 13 rings (SSSR count). The largest absolute Gasteiger partial charge is 0.245 e. The predicted octanol–water partition coefficient (Wildman–Crippen LogP) is 15.1. The summed E-state index contributed by atoms with van der Waals surface area (Å²) in [6, 6.07) is 74.6. The molecule has 0 saturated carbocycles. The van der Waals surface area contributed by atoms with E-state index < -0.39 is 0 Å². The molecule has 0 atom stereocenters. The van der Waals surface area contributed by atoms with Crippen LogP contribution in [0.2, 0.25) is 0 Å². The smallest absolute Gasteiger partial charge is 0.179 e. The van der Waals surface area contributed by atoms with Gasteiger partial charge in [0.1, 0.15) is 5.69 Å². The fourth-order valence-corrected chi connectivity index (χ4v) is 9.42. The molecule has 0 aliphatic heterocycles. The van der Waals surface area contributed by atoms with E-state index in [2.05, 4.69) is 170 Å². The van der Waals surface area contributed by atoms with E-state index in [9.17, 15) is 0 Å². The van der Waals surface area contributed by atoms with Gasteiger partial charge in [-0.1, -0.05) is 170 Å². The molecule has 0 unspecified atom stereocenters. The van der Waals surface area contributed by atoms with Crippen LogP contribution >= 0.6 is 0 Å². The number of fused-ring (bicyclic) bond motifs is 11. The maximum Gasteiger partial charge on any atom is 0.179 e. The molecule has 0 bridgehead atoms. The predicted molar refractivity (Wildman–Crippen MR) is 265 cm³/mol. The summed E-state index contributed by atoms with van der Waals surface area (Å²) in [7, 11) is 0. The Bertz CT molecular complexity index is 3980. The Balaban J connectivity index is 0.866. The average molecular weight is 814 g/mol. The van der Waals surface area contributed by atoms with E-state index >= 15 is 0 Å². The first-order valence-electron chi connectivity index (χ1n) is 21.6. The van der Waals surface area contributed by atoms with Crippen LogP contribution in [0.1, 0.15) is 0 Å². The first kappa shape index (κ1) is 36.0. The molecular formula is C59H35N5. The molecule has 0 aliphatic rings. The topological polar surface area (TPSA) is 64.5 Å².